The van der Waals surface area contributed by atoms with Crippen molar-refractivity contribution in [1.82, 2.24) is 15.2 Å². The molecule has 0 spiro atoms. The van der Waals surface area contributed by atoms with Gasteiger partial charge < -0.3 is 5.73 Å². The van der Waals surface area contributed by atoms with Crippen molar-refractivity contribution in [3.63, 3.8) is 0 Å². The predicted octanol–water partition coefficient (Wildman–Crippen LogP) is 2.95. The second-order valence-electron chi connectivity index (χ2n) is 5.02. The third-order valence-electron chi connectivity index (χ3n) is 3.71. The van der Waals surface area contributed by atoms with Gasteiger partial charge in [0.1, 0.15) is 0 Å². The maximum absolute atomic E-state index is 5.78. The van der Waals surface area contributed by atoms with Crippen LogP contribution in [0.15, 0.2) is 61.2 Å². The Kier molecular flexibility index (Phi) is 4.07. The fourth-order valence-corrected chi connectivity index (χ4v) is 2.60. The minimum atomic E-state index is 0.316. The molecule has 0 fully saturated rings. The van der Waals surface area contributed by atoms with Crippen LogP contribution in [-0.2, 0) is 0 Å². The Hall–Kier alpha value is -2.46. The molecule has 4 heteroatoms. The highest BCUT2D eigenvalue weighted by Crippen LogP contribution is 2.29. The van der Waals surface area contributed by atoms with Crippen LogP contribution in [-0.4, -0.2) is 21.7 Å². The smallest absolute Gasteiger partial charge is 0.0565 e. The Morgan fingerprint density at radius 2 is 1.67 bits per heavy atom. The van der Waals surface area contributed by atoms with Gasteiger partial charge in [0, 0.05) is 30.1 Å². The molecule has 4 nitrogen and oxygen atoms in total. The second kappa shape index (κ2) is 6.33. The summed E-state index contributed by atoms with van der Waals surface area (Å²) in [6.45, 7) is 0.663. The fraction of sp³-hybridized carbons (Fsp3) is 0.176. The average molecular weight is 278 g/mol. The molecule has 21 heavy (non-hydrogen) atoms. The van der Waals surface area contributed by atoms with Gasteiger partial charge in [-0.3, -0.25) is 10.1 Å². The zero-order chi connectivity index (χ0) is 14.5. The SMILES string of the molecule is NCCC(c1ccncc1)c1ccc(-c2cn[nH]c2)cc1. The highest BCUT2D eigenvalue weighted by molar-refractivity contribution is 5.62. The van der Waals surface area contributed by atoms with E-state index in [0.29, 0.717) is 12.5 Å². The van der Waals surface area contributed by atoms with E-state index in [1.165, 1.54) is 11.1 Å². The summed E-state index contributed by atoms with van der Waals surface area (Å²) in [7, 11) is 0. The van der Waals surface area contributed by atoms with Gasteiger partial charge in [0.15, 0.2) is 0 Å². The molecule has 0 saturated carbocycles. The highest BCUT2D eigenvalue weighted by Gasteiger charge is 2.13. The van der Waals surface area contributed by atoms with Crippen molar-refractivity contribution in [2.45, 2.75) is 12.3 Å². The molecule has 2 heterocycles. The molecule has 0 amide bonds. The van der Waals surface area contributed by atoms with E-state index in [2.05, 4.69) is 51.6 Å². The number of pyridine rings is 1. The fourth-order valence-electron chi connectivity index (χ4n) is 2.60. The lowest BCUT2D eigenvalue weighted by Gasteiger charge is -2.17. The average Bonchev–Trinajstić information content (AvgIpc) is 3.08. The molecule has 0 saturated heterocycles. The number of aromatic amines is 1. The lowest BCUT2D eigenvalue weighted by Crippen LogP contribution is -2.08. The topological polar surface area (TPSA) is 67.6 Å². The number of nitrogens with zero attached hydrogens (tertiary/aromatic N) is 2. The first-order chi connectivity index (χ1) is 10.4. The summed E-state index contributed by atoms with van der Waals surface area (Å²) in [6.07, 6.45) is 8.32. The standard InChI is InChI=1S/C17H18N4/c18-8-5-17(15-6-9-19-10-7-15)14-3-1-13(2-4-14)16-11-20-21-12-16/h1-4,6-7,9-12,17H,5,8,18H2,(H,20,21). The predicted molar refractivity (Wildman–Crippen MR) is 83.8 cm³/mol. The number of nitrogens with two attached hydrogens (primary N) is 1. The second-order valence-corrected chi connectivity index (χ2v) is 5.02. The van der Waals surface area contributed by atoms with Crippen LogP contribution in [0.3, 0.4) is 0 Å². The third-order valence-corrected chi connectivity index (χ3v) is 3.71. The largest absolute Gasteiger partial charge is 0.330 e. The Bertz CT molecular complexity index is 660. The number of aromatic nitrogens is 3. The molecule has 3 N–H and O–H groups in total. The maximum Gasteiger partial charge on any atom is 0.0565 e. The number of hydrogen-bond donors (Lipinski definition) is 2. The van der Waals surface area contributed by atoms with E-state index in [0.717, 1.165) is 17.5 Å². The van der Waals surface area contributed by atoms with E-state index >= 15 is 0 Å². The van der Waals surface area contributed by atoms with Crippen molar-refractivity contribution in [2.75, 3.05) is 6.54 Å². The molecule has 0 bridgehead atoms. The van der Waals surface area contributed by atoms with Gasteiger partial charge in [-0.1, -0.05) is 24.3 Å². The van der Waals surface area contributed by atoms with Crippen molar-refractivity contribution in [3.05, 3.63) is 72.3 Å². The van der Waals surface area contributed by atoms with Crippen LogP contribution in [0.2, 0.25) is 0 Å². The van der Waals surface area contributed by atoms with E-state index in [1.807, 2.05) is 24.8 Å². The summed E-state index contributed by atoms with van der Waals surface area (Å²) in [6, 6.07) is 12.7. The molecule has 1 unspecified atom stereocenters. The van der Waals surface area contributed by atoms with Crippen LogP contribution in [0.25, 0.3) is 11.1 Å². The first kappa shape index (κ1) is 13.5. The van der Waals surface area contributed by atoms with Crippen molar-refractivity contribution in [1.29, 1.82) is 0 Å². The summed E-state index contributed by atoms with van der Waals surface area (Å²) in [4.78, 5) is 4.09. The Morgan fingerprint density at radius 3 is 2.29 bits per heavy atom. The zero-order valence-electron chi connectivity index (χ0n) is 11.7. The molecule has 0 aliphatic heterocycles. The van der Waals surface area contributed by atoms with Crippen LogP contribution >= 0.6 is 0 Å². The highest BCUT2D eigenvalue weighted by atomic mass is 15.1. The monoisotopic (exact) mass is 278 g/mol. The third kappa shape index (κ3) is 3.01. The van der Waals surface area contributed by atoms with E-state index < -0.39 is 0 Å². The van der Waals surface area contributed by atoms with Gasteiger partial charge in [0.05, 0.1) is 6.20 Å². The van der Waals surface area contributed by atoms with Gasteiger partial charge in [-0.2, -0.15) is 5.10 Å². The number of benzene rings is 1. The molecule has 3 rings (SSSR count). The molecular formula is C17H18N4. The van der Waals surface area contributed by atoms with E-state index in [-0.39, 0.29) is 0 Å². The van der Waals surface area contributed by atoms with E-state index in [1.54, 1.807) is 0 Å². The molecule has 3 aromatic rings. The summed E-state index contributed by atoms with van der Waals surface area (Å²) in [5.41, 5.74) is 10.6. The minimum absolute atomic E-state index is 0.316. The van der Waals surface area contributed by atoms with Crippen LogP contribution < -0.4 is 5.73 Å². The number of H-pyrrole nitrogens is 1. The lowest BCUT2D eigenvalue weighted by molar-refractivity contribution is 0.725. The molecule has 0 aliphatic rings. The van der Waals surface area contributed by atoms with Crippen molar-refractivity contribution in [3.8, 4) is 11.1 Å². The lowest BCUT2D eigenvalue weighted by atomic mass is 9.88. The quantitative estimate of drug-likeness (QED) is 0.754. The van der Waals surface area contributed by atoms with Crippen molar-refractivity contribution < 1.29 is 0 Å². The van der Waals surface area contributed by atoms with Gasteiger partial charge in [0.25, 0.3) is 0 Å². The molecule has 1 atom stereocenters. The van der Waals surface area contributed by atoms with Crippen LogP contribution in [0.4, 0.5) is 0 Å². The van der Waals surface area contributed by atoms with Crippen molar-refractivity contribution >= 4 is 0 Å². The molecule has 0 radical (unpaired) electrons. The Balaban J connectivity index is 1.90. The molecular weight excluding hydrogens is 260 g/mol. The van der Waals surface area contributed by atoms with Gasteiger partial charge in [-0.05, 0) is 41.8 Å². The first-order valence-electron chi connectivity index (χ1n) is 7.07. The number of nitrogens with one attached hydrogen (secondary N) is 1. The Labute approximate surface area is 124 Å². The summed E-state index contributed by atoms with van der Waals surface area (Å²) in [5, 5.41) is 6.82. The van der Waals surface area contributed by atoms with Gasteiger partial charge >= 0.3 is 0 Å². The molecule has 0 aliphatic carbocycles. The van der Waals surface area contributed by atoms with Crippen LogP contribution in [0.5, 0.6) is 0 Å². The van der Waals surface area contributed by atoms with Gasteiger partial charge in [-0.25, -0.2) is 0 Å². The minimum Gasteiger partial charge on any atom is -0.330 e. The number of rotatable bonds is 5. The van der Waals surface area contributed by atoms with Crippen LogP contribution in [0.1, 0.15) is 23.5 Å². The zero-order valence-corrected chi connectivity index (χ0v) is 11.7. The van der Waals surface area contributed by atoms with E-state index in [9.17, 15) is 0 Å². The first-order valence-corrected chi connectivity index (χ1v) is 7.07. The van der Waals surface area contributed by atoms with Gasteiger partial charge in [0.2, 0.25) is 0 Å². The summed E-state index contributed by atoms with van der Waals surface area (Å²) in [5.74, 6) is 0.316. The molecule has 2 aromatic heterocycles. The van der Waals surface area contributed by atoms with Gasteiger partial charge in [-0.15, -0.1) is 0 Å². The maximum atomic E-state index is 5.78. The normalized spacial score (nSPS) is 12.2. The molecule has 1 aromatic carbocycles. The summed E-state index contributed by atoms with van der Waals surface area (Å²) < 4.78 is 0. The number of hydrogen-bond acceptors (Lipinski definition) is 3. The van der Waals surface area contributed by atoms with Crippen molar-refractivity contribution in [2.24, 2.45) is 5.73 Å². The van der Waals surface area contributed by atoms with E-state index in [4.69, 9.17) is 5.73 Å². The Morgan fingerprint density at radius 1 is 0.952 bits per heavy atom. The van der Waals surface area contributed by atoms with Crippen LogP contribution in [0, 0.1) is 0 Å². The summed E-state index contributed by atoms with van der Waals surface area (Å²) >= 11 is 0. The molecule has 106 valence electrons.